The first-order valence-electron chi connectivity index (χ1n) is 1.30. The van der Waals surface area contributed by atoms with Crippen molar-refractivity contribution in [3.05, 3.63) is 0 Å². The Kier molecular flexibility index (Phi) is 9.05. The lowest BCUT2D eigenvalue weighted by molar-refractivity contribution is 0.330. The Balaban J connectivity index is 0. The van der Waals surface area contributed by atoms with Crippen LogP contribution in [0.25, 0.3) is 0 Å². The van der Waals surface area contributed by atoms with Crippen LogP contribution >= 0.6 is 8.25 Å². The molecule has 50 valence electrons. The SMILES string of the molecule is O=[PH](O)O.O=[Si](O)O. The fourth-order valence-electron chi connectivity index (χ4n) is 0. The van der Waals surface area contributed by atoms with Crippen molar-refractivity contribution in [3.63, 3.8) is 0 Å². The normalized spacial score (nSPS) is 7.38. The molecule has 0 aromatic heterocycles. The summed E-state index contributed by atoms with van der Waals surface area (Å²) >= 11 is 0. The van der Waals surface area contributed by atoms with Gasteiger partial charge in [-0.25, -0.2) is 0 Å². The molecule has 0 saturated heterocycles. The molecule has 0 unspecified atom stereocenters. The van der Waals surface area contributed by atoms with Gasteiger partial charge in [0.15, 0.2) is 0 Å². The van der Waals surface area contributed by atoms with Crippen molar-refractivity contribution < 1.29 is 28.4 Å². The van der Waals surface area contributed by atoms with Gasteiger partial charge in [0.1, 0.15) is 0 Å². The molecule has 0 aromatic carbocycles. The average Bonchev–Trinajstić information content (AvgIpc) is 1.25. The van der Waals surface area contributed by atoms with E-state index in [4.69, 9.17) is 28.4 Å². The van der Waals surface area contributed by atoms with Crippen LogP contribution in [0.4, 0.5) is 0 Å². The van der Waals surface area contributed by atoms with Gasteiger partial charge in [-0.1, -0.05) is 0 Å². The fraction of sp³-hybridized carbons (Fsp3) is 0. The maximum Gasteiger partial charge on any atom is 0.761 e. The van der Waals surface area contributed by atoms with E-state index in [9.17, 15) is 0 Å². The van der Waals surface area contributed by atoms with E-state index < -0.39 is 17.4 Å². The van der Waals surface area contributed by atoms with Crippen LogP contribution < -0.4 is 0 Å². The largest absolute Gasteiger partial charge is 0.761 e. The highest BCUT2D eigenvalue weighted by Crippen LogP contribution is 1.98. The minimum atomic E-state index is -3.13. The van der Waals surface area contributed by atoms with Crippen molar-refractivity contribution in [2.75, 3.05) is 0 Å². The van der Waals surface area contributed by atoms with Gasteiger partial charge in [-0.3, -0.25) is 9.03 Å². The molecule has 6 nitrogen and oxygen atoms in total. The standard InChI is InChI=1S/H3O3P.H2O3Si/c2*1-4(2)3/h4H,(H2,1,2,3);1-2H. The van der Waals surface area contributed by atoms with Gasteiger partial charge in [-0.2, -0.15) is 0 Å². The van der Waals surface area contributed by atoms with E-state index in [-0.39, 0.29) is 0 Å². The molecular weight excluding hydrogens is 155 g/mol. The van der Waals surface area contributed by atoms with Crippen molar-refractivity contribution in [3.8, 4) is 0 Å². The van der Waals surface area contributed by atoms with Crippen LogP contribution in [0.1, 0.15) is 0 Å². The second-order valence-electron chi connectivity index (χ2n) is 0.565. The summed E-state index contributed by atoms with van der Waals surface area (Å²) in [5.41, 5.74) is 0. The zero-order valence-electron chi connectivity index (χ0n) is 3.61. The van der Waals surface area contributed by atoms with Gasteiger partial charge in [0.25, 0.3) is 0 Å². The van der Waals surface area contributed by atoms with Crippen LogP contribution in [0.3, 0.4) is 0 Å². The summed E-state index contributed by atoms with van der Waals surface area (Å²) in [5.74, 6) is 0. The van der Waals surface area contributed by atoms with E-state index in [2.05, 4.69) is 0 Å². The predicted octanol–water partition coefficient (Wildman–Crippen LogP) is -2.25. The molecule has 0 saturated carbocycles. The maximum absolute atomic E-state index is 8.74. The van der Waals surface area contributed by atoms with Crippen LogP contribution in [0.15, 0.2) is 0 Å². The predicted molar refractivity (Wildman–Crippen MR) is 24.3 cm³/mol. The molecule has 0 aromatic rings. The lowest BCUT2D eigenvalue weighted by Gasteiger charge is -1.61. The van der Waals surface area contributed by atoms with Gasteiger partial charge >= 0.3 is 17.4 Å². The average molecular weight is 160 g/mol. The molecule has 0 radical (unpaired) electrons. The Morgan fingerprint density at radius 1 is 1.25 bits per heavy atom. The van der Waals surface area contributed by atoms with Crippen LogP contribution in [-0.4, -0.2) is 28.5 Å². The summed E-state index contributed by atoms with van der Waals surface area (Å²) in [6, 6.07) is 0. The number of hydrogen-bond acceptors (Lipinski definition) is 2. The Morgan fingerprint density at radius 2 is 1.25 bits per heavy atom. The molecule has 0 spiro atoms. The Hall–Kier alpha value is -0.233. The van der Waals surface area contributed by atoms with Crippen LogP contribution in [0.5, 0.6) is 0 Å². The second-order valence-corrected chi connectivity index (χ2v) is 1.70. The zero-order chi connectivity index (χ0) is 7.15. The first kappa shape index (κ1) is 10.7. The van der Waals surface area contributed by atoms with Crippen molar-refractivity contribution in [1.29, 1.82) is 0 Å². The third-order valence-electron chi connectivity index (χ3n) is 0. The summed E-state index contributed by atoms with van der Waals surface area (Å²) in [5, 5.41) is 0. The lowest BCUT2D eigenvalue weighted by atomic mass is 15.8. The van der Waals surface area contributed by atoms with E-state index >= 15 is 0 Å². The second kappa shape index (κ2) is 6.77. The molecule has 0 rings (SSSR count). The topological polar surface area (TPSA) is 115 Å². The van der Waals surface area contributed by atoms with E-state index in [1.807, 2.05) is 0 Å². The van der Waals surface area contributed by atoms with Crippen molar-refractivity contribution >= 4 is 17.4 Å². The van der Waals surface area contributed by atoms with Gasteiger partial charge in [0.2, 0.25) is 0 Å². The molecule has 8 heavy (non-hydrogen) atoms. The zero-order valence-corrected chi connectivity index (χ0v) is 5.61. The summed E-state index contributed by atoms with van der Waals surface area (Å²) in [4.78, 5) is 28.6. The molecule has 0 aliphatic rings. The Morgan fingerprint density at radius 3 is 1.25 bits per heavy atom. The maximum atomic E-state index is 8.74. The van der Waals surface area contributed by atoms with Crippen molar-refractivity contribution in [2.45, 2.75) is 0 Å². The van der Waals surface area contributed by atoms with E-state index in [0.29, 0.717) is 0 Å². The molecule has 8 heteroatoms. The fourth-order valence-corrected chi connectivity index (χ4v) is 0. The molecular formula is H5O6PSi. The summed E-state index contributed by atoms with van der Waals surface area (Å²) in [6.07, 6.45) is 0. The molecule has 0 aliphatic heterocycles. The Labute approximate surface area is 46.9 Å². The van der Waals surface area contributed by atoms with Gasteiger partial charge < -0.3 is 19.4 Å². The lowest BCUT2D eigenvalue weighted by Crippen LogP contribution is -1.90. The highest BCUT2D eigenvalue weighted by molar-refractivity contribution is 7.30. The third kappa shape index (κ3) is 2410. The van der Waals surface area contributed by atoms with Gasteiger partial charge in [0.05, 0.1) is 0 Å². The molecule has 0 amide bonds. The minimum Gasteiger partial charge on any atom is -0.511 e. The summed E-state index contributed by atoms with van der Waals surface area (Å²) < 4.78 is 17.5. The quantitative estimate of drug-likeness (QED) is 0.235. The van der Waals surface area contributed by atoms with E-state index in [0.717, 1.165) is 0 Å². The monoisotopic (exact) mass is 160 g/mol. The van der Waals surface area contributed by atoms with Crippen molar-refractivity contribution in [1.82, 2.24) is 0 Å². The van der Waals surface area contributed by atoms with Crippen LogP contribution in [0, 0.1) is 0 Å². The van der Waals surface area contributed by atoms with E-state index in [1.165, 1.54) is 0 Å². The molecule has 0 bridgehead atoms. The highest BCUT2D eigenvalue weighted by atomic mass is 31.1. The molecule has 0 heterocycles. The van der Waals surface area contributed by atoms with Crippen LogP contribution in [0.2, 0.25) is 0 Å². The van der Waals surface area contributed by atoms with Crippen molar-refractivity contribution in [2.24, 2.45) is 0 Å². The summed E-state index contributed by atoms with van der Waals surface area (Å²) in [6.45, 7) is 0. The highest BCUT2D eigenvalue weighted by Gasteiger charge is 1.85. The first-order valence-corrected chi connectivity index (χ1v) is 3.91. The van der Waals surface area contributed by atoms with Gasteiger partial charge in [-0.05, 0) is 0 Å². The molecule has 4 N–H and O–H groups in total. The van der Waals surface area contributed by atoms with Gasteiger partial charge in [-0.15, -0.1) is 0 Å². The Bertz CT molecular complexity index is 66.5. The number of rotatable bonds is 0. The minimum absolute atomic E-state index is 3.13. The summed E-state index contributed by atoms with van der Waals surface area (Å²) in [7, 11) is -6.26. The van der Waals surface area contributed by atoms with Crippen LogP contribution in [-0.2, 0) is 9.03 Å². The number of hydrogen-bond donors (Lipinski definition) is 4. The van der Waals surface area contributed by atoms with Gasteiger partial charge in [0, 0.05) is 0 Å². The molecule has 0 fully saturated rings. The van der Waals surface area contributed by atoms with E-state index in [1.54, 1.807) is 0 Å². The first-order chi connectivity index (χ1) is 3.46. The molecule has 0 atom stereocenters. The molecule has 0 aliphatic carbocycles. The third-order valence-corrected chi connectivity index (χ3v) is 0. The smallest absolute Gasteiger partial charge is 0.511 e.